The first kappa shape index (κ1) is 37.1. The number of ether oxygens (including phenoxy) is 5. The fourth-order valence-corrected chi connectivity index (χ4v) is 6.00. The first-order valence-corrected chi connectivity index (χ1v) is 15.9. The number of cyclic esters (lactones) is 1. The van der Waals surface area contributed by atoms with E-state index < -0.39 is 97.3 Å². The third-order valence-corrected chi connectivity index (χ3v) is 8.58. The van der Waals surface area contributed by atoms with Crippen LogP contribution in [-0.2, 0) is 33.3 Å². The maximum atomic E-state index is 12.3. The summed E-state index contributed by atoms with van der Waals surface area (Å²) in [5.74, 6) is -5.45. The predicted molar refractivity (Wildman–Crippen MR) is 165 cm³/mol. The van der Waals surface area contributed by atoms with Gasteiger partial charge in [0.25, 0.3) is 0 Å². The maximum absolute atomic E-state index is 12.3. The van der Waals surface area contributed by atoms with Gasteiger partial charge in [-0.25, -0.2) is 4.79 Å². The van der Waals surface area contributed by atoms with E-state index in [-0.39, 0.29) is 25.4 Å². The summed E-state index contributed by atoms with van der Waals surface area (Å²) in [6.07, 6.45) is 5.25. The van der Waals surface area contributed by atoms with Gasteiger partial charge in [-0.3, -0.25) is 4.79 Å². The third kappa shape index (κ3) is 10.6. The van der Waals surface area contributed by atoms with Crippen LogP contribution in [0.15, 0.2) is 60.8 Å². The van der Waals surface area contributed by atoms with E-state index in [1.807, 2.05) is 6.08 Å². The predicted octanol–water partition coefficient (Wildman–Crippen LogP) is 0.120. The standard InChI is InChI=1S/C33H47NO13/c1-18-10-8-6-4-3-5-7-9-11-21(45-32-30(39)28(34)29(38)19(2)44-32)15-25-27(31(40)41)22(36)17-33(42,47-25)16-20(35)14-24-23(46-24)12-13-26(37)43-18/h3-9,11-13,18-25,27-30,32,35-36,38-39,42H,10,14-17,34H2,1-2H3,(H,40,41)/b4-3-,7-5-,8-6-,11-9?,13-12-/t18-,19-,20+,21+,22+,23+,24+,25-,27+,28+,29+,30-,32+,33+/m0/s1. The van der Waals surface area contributed by atoms with Gasteiger partial charge < -0.3 is 60.1 Å². The molecule has 14 heteroatoms. The van der Waals surface area contributed by atoms with Gasteiger partial charge in [-0.1, -0.05) is 48.6 Å². The van der Waals surface area contributed by atoms with Crippen molar-refractivity contribution < 1.29 is 63.9 Å². The Balaban J connectivity index is 1.58. The Kier molecular flexibility index (Phi) is 13.1. The number of hydrogen-bond acceptors (Lipinski definition) is 13. The van der Waals surface area contributed by atoms with Crippen molar-refractivity contribution in [2.45, 2.75) is 125 Å². The quantitative estimate of drug-likeness (QED) is 0.157. The van der Waals surface area contributed by atoms with E-state index in [1.165, 1.54) is 12.2 Å². The van der Waals surface area contributed by atoms with Crippen LogP contribution in [0.3, 0.4) is 0 Å². The van der Waals surface area contributed by atoms with Crippen molar-refractivity contribution in [1.29, 1.82) is 0 Å². The van der Waals surface area contributed by atoms with Crippen molar-refractivity contribution in [3.8, 4) is 0 Å². The molecule has 4 rings (SSSR count). The number of aliphatic hydroxyl groups excluding tert-OH is 4. The lowest BCUT2D eigenvalue weighted by atomic mass is 9.83. The number of fused-ring (bicyclic) bond motifs is 3. The molecule has 47 heavy (non-hydrogen) atoms. The van der Waals surface area contributed by atoms with Gasteiger partial charge in [0.2, 0.25) is 0 Å². The third-order valence-electron chi connectivity index (χ3n) is 8.58. The van der Waals surface area contributed by atoms with Gasteiger partial charge in [0.05, 0.1) is 48.8 Å². The molecule has 0 radical (unpaired) electrons. The molecule has 0 aliphatic carbocycles. The zero-order valence-corrected chi connectivity index (χ0v) is 26.4. The number of carbonyl (C=O) groups excluding carboxylic acids is 1. The second-order valence-electron chi connectivity index (χ2n) is 12.6. The van der Waals surface area contributed by atoms with Gasteiger partial charge in [-0.15, -0.1) is 0 Å². The minimum Gasteiger partial charge on any atom is -0.481 e. The van der Waals surface area contributed by atoms with Crippen molar-refractivity contribution in [3.05, 3.63) is 60.8 Å². The van der Waals surface area contributed by atoms with Crippen LogP contribution in [0, 0.1) is 5.92 Å². The van der Waals surface area contributed by atoms with Crippen LogP contribution in [0.1, 0.15) is 46.0 Å². The highest BCUT2D eigenvalue weighted by molar-refractivity contribution is 5.82. The number of nitrogens with two attached hydrogens (primary N) is 1. The molecule has 3 fully saturated rings. The van der Waals surface area contributed by atoms with Crippen LogP contribution in [0.2, 0.25) is 0 Å². The van der Waals surface area contributed by atoms with Crippen molar-refractivity contribution in [1.82, 2.24) is 0 Å². The number of aliphatic carboxylic acids is 1. The second kappa shape index (κ2) is 16.6. The number of allylic oxidation sites excluding steroid dienone is 6. The largest absolute Gasteiger partial charge is 0.481 e. The molecule has 0 unspecified atom stereocenters. The molecular weight excluding hydrogens is 618 g/mol. The minimum atomic E-state index is -2.10. The Morgan fingerprint density at radius 3 is 2.36 bits per heavy atom. The molecular formula is C33H47NO13. The maximum Gasteiger partial charge on any atom is 0.330 e. The van der Waals surface area contributed by atoms with E-state index >= 15 is 0 Å². The Morgan fingerprint density at radius 2 is 1.64 bits per heavy atom. The molecule has 3 saturated heterocycles. The lowest BCUT2D eigenvalue weighted by Crippen LogP contribution is -2.61. The summed E-state index contributed by atoms with van der Waals surface area (Å²) < 4.78 is 28.5. The summed E-state index contributed by atoms with van der Waals surface area (Å²) >= 11 is 0. The average Bonchev–Trinajstić information content (AvgIpc) is 3.72. The number of hydrogen-bond donors (Lipinski definition) is 7. The SMILES string of the molecule is C[C@@H]1O[C@H](O[C@@H]2C=C\C=C/C=C\C=C/C[C@H](C)OC(=O)/C=C\[C@H]3O[C@@H]3C[C@@H](O)C[C@]3(O)C[C@@H](O)[C@@H](C(=O)O)[C@H](C2)O3)[C@@H](O)[C@H](N)[C@@H]1O. The van der Waals surface area contributed by atoms with Crippen LogP contribution in [-0.4, -0.2) is 122 Å². The highest BCUT2D eigenvalue weighted by Gasteiger charge is 2.51. The Bertz CT molecular complexity index is 1220. The van der Waals surface area contributed by atoms with Gasteiger partial charge in [0.15, 0.2) is 12.1 Å². The molecule has 14 atom stereocenters. The molecule has 0 aromatic heterocycles. The molecule has 4 heterocycles. The van der Waals surface area contributed by atoms with E-state index in [0.717, 1.165) is 0 Å². The number of carboxylic acid groups (broad SMARTS) is 1. The minimum absolute atomic E-state index is 0.0789. The summed E-state index contributed by atoms with van der Waals surface area (Å²) in [4.78, 5) is 24.4. The highest BCUT2D eigenvalue weighted by atomic mass is 16.7. The van der Waals surface area contributed by atoms with Crippen molar-refractivity contribution in [3.63, 3.8) is 0 Å². The lowest BCUT2D eigenvalue weighted by Gasteiger charge is -2.45. The average molecular weight is 666 g/mol. The van der Waals surface area contributed by atoms with E-state index in [1.54, 1.807) is 56.4 Å². The fraction of sp³-hybridized carbons (Fsp3) is 0.636. The van der Waals surface area contributed by atoms with Gasteiger partial charge >= 0.3 is 11.9 Å². The fourth-order valence-electron chi connectivity index (χ4n) is 6.00. The molecule has 0 spiro atoms. The zero-order valence-electron chi connectivity index (χ0n) is 26.4. The molecule has 0 aromatic rings. The molecule has 4 aliphatic rings. The number of carbonyl (C=O) groups is 2. The van der Waals surface area contributed by atoms with Gasteiger partial charge in [-0.2, -0.15) is 0 Å². The first-order chi connectivity index (χ1) is 22.3. The molecule has 8 N–H and O–H groups in total. The van der Waals surface area contributed by atoms with Gasteiger partial charge in [0, 0.05) is 38.2 Å². The van der Waals surface area contributed by atoms with E-state index in [2.05, 4.69) is 0 Å². The summed E-state index contributed by atoms with van der Waals surface area (Å²) in [5, 5.41) is 63.9. The molecule has 0 aromatic carbocycles. The summed E-state index contributed by atoms with van der Waals surface area (Å²) in [7, 11) is 0. The lowest BCUT2D eigenvalue weighted by molar-refractivity contribution is -0.308. The molecule has 4 aliphatic heterocycles. The monoisotopic (exact) mass is 665 g/mol. The Morgan fingerprint density at radius 1 is 0.936 bits per heavy atom. The number of epoxide rings is 1. The molecule has 262 valence electrons. The van der Waals surface area contributed by atoms with Crippen LogP contribution in [0.5, 0.6) is 0 Å². The summed E-state index contributed by atoms with van der Waals surface area (Å²) in [6.45, 7) is 3.34. The van der Waals surface area contributed by atoms with Gasteiger partial charge in [0.1, 0.15) is 24.2 Å². The van der Waals surface area contributed by atoms with Crippen molar-refractivity contribution in [2.24, 2.45) is 11.7 Å². The number of esters is 1. The van der Waals surface area contributed by atoms with Crippen LogP contribution < -0.4 is 5.73 Å². The number of carboxylic acids is 1. The van der Waals surface area contributed by atoms with E-state index in [4.69, 9.17) is 29.4 Å². The molecule has 14 nitrogen and oxygen atoms in total. The Hall–Kier alpha value is -2.76. The summed E-state index contributed by atoms with van der Waals surface area (Å²) in [5.41, 5.74) is 5.98. The second-order valence-corrected chi connectivity index (χ2v) is 12.6. The number of rotatable bonds is 3. The van der Waals surface area contributed by atoms with Crippen LogP contribution >= 0.6 is 0 Å². The van der Waals surface area contributed by atoms with Crippen molar-refractivity contribution >= 4 is 11.9 Å². The van der Waals surface area contributed by atoms with Crippen LogP contribution in [0.4, 0.5) is 0 Å². The zero-order chi connectivity index (χ0) is 34.3. The Labute approximate surface area is 273 Å². The van der Waals surface area contributed by atoms with Crippen LogP contribution in [0.25, 0.3) is 0 Å². The normalized spacial score (nSPS) is 46.6. The van der Waals surface area contributed by atoms with Gasteiger partial charge in [-0.05, 0) is 19.9 Å². The van der Waals surface area contributed by atoms with Crippen molar-refractivity contribution in [2.75, 3.05) is 0 Å². The molecule has 2 bridgehead atoms. The highest BCUT2D eigenvalue weighted by Crippen LogP contribution is 2.39. The topological polar surface area (TPSA) is 231 Å². The smallest absolute Gasteiger partial charge is 0.330 e. The number of aliphatic hydroxyl groups is 5. The van der Waals surface area contributed by atoms with E-state index in [9.17, 15) is 40.2 Å². The first-order valence-electron chi connectivity index (χ1n) is 15.9. The molecule has 0 amide bonds. The summed E-state index contributed by atoms with van der Waals surface area (Å²) in [6, 6.07) is -1.08. The van der Waals surface area contributed by atoms with E-state index in [0.29, 0.717) is 6.42 Å². The molecule has 0 saturated carbocycles.